The molecule has 0 N–H and O–H groups in total. The monoisotopic (exact) mass is 317 g/mol. The minimum atomic E-state index is -7.18. The molecule has 0 saturated heterocycles. The number of halogens is 4. The van der Waals surface area contributed by atoms with Crippen molar-refractivity contribution in [1.82, 2.24) is 0 Å². The Morgan fingerprint density at radius 3 is 0.833 bits per heavy atom. The summed E-state index contributed by atoms with van der Waals surface area (Å²) in [6.07, 6.45) is 0. The van der Waals surface area contributed by atoms with Crippen LogP contribution in [-0.2, 0) is 0 Å². The van der Waals surface area contributed by atoms with E-state index in [1.165, 1.54) is 0 Å². The Morgan fingerprint density at radius 2 is 0.833 bits per heavy atom. The molecule has 0 aromatic heterocycles. The third-order valence-electron chi connectivity index (χ3n) is 0. The first-order valence-corrected chi connectivity index (χ1v) is 5.07. The zero-order valence-electron chi connectivity index (χ0n) is 2.46. The van der Waals surface area contributed by atoms with Gasteiger partial charge < -0.3 is 0 Å². The molecule has 0 aliphatic carbocycles. The Morgan fingerprint density at radius 1 is 0.833 bits per heavy atom. The van der Waals surface area contributed by atoms with Gasteiger partial charge in [0, 0.05) is 24.4 Å². The molecule has 3 radical (unpaired) electrons. The molecule has 0 bridgehead atoms. The molecule has 37 valence electrons. The molecule has 0 aromatic carbocycles. The van der Waals surface area contributed by atoms with E-state index in [9.17, 15) is 11.5 Å². The van der Waals surface area contributed by atoms with Crippen molar-refractivity contribution in [3.63, 3.8) is 0 Å². The molecular formula is F4SbSn. The second-order valence-corrected chi connectivity index (χ2v) is 2.87. The topological polar surface area (TPSA) is 0 Å². The molecule has 0 amide bonds. The molecule has 0 fully saturated rings. The van der Waals surface area contributed by atoms with Gasteiger partial charge in [0.15, 0.2) is 0 Å². The van der Waals surface area contributed by atoms with Gasteiger partial charge in [0.05, 0.1) is 0 Å². The maximum Gasteiger partial charge on any atom is 0 e. The summed E-state index contributed by atoms with van der Waals surface area (Å²) in [6, 6.07) is 0. The van der Waals surface area contributed by atoms with Crippen molar-refractivity contribution >= 4 is 45.1 Å². The first kappa shape index (κ1) is 10.3. The number of hydrogen-bond acceptors (Lipinski definition) is 0. The molecule has 0 aromatic rings. The molecule has 0 heterocycles. The van der Waals surface area contributed by atoms with E-state index in [2.05, 4.69) is 0 Å². The first-order valence-electron chi connectivity index (χ1n) is 0.756. The van der Waals surface area contributed by atoms with Gasteiger partial charge in [0.1, 0.15) is 0 Å². The average molecular weight is 316 g/mol. The van der Waals surface area contributed by atoms with Crippen LogP contribution in [-0.4, -0.2) is 45.1 Å². The molecule has 0 aliphatic rings. The van der Waals surface area contributed by atoms with Crippen LogP contribution in [0.1, 0.15) is 0 Å². The van der Waals surface area contributed by atoms with Crippen LogP contribution < -0.4 is 0 Å². The fourth-order valence-electron chi connectivity index (χ4n) is 0. The molecule has 6 heteroatoms. The van der Waals surface area contributed by atoms with Gasteiger partial charge in [-0.05, 0) is 0 Å². The zero-order chi connectivity index (χ0) is 4.50. The largest absolute Gasteiger partial charge is 0 e. The molecule has 0 aliphatic heterocycles. The van der Waals surface area contributed by atoms with Gasteiger partial charge >= 0.3 is 32.1 Å². The average Bonchev–Trinajstić information content (AvgIpc) is 0.722. The van der Waals surface area contributed by atoms with Gasteiger partial charge in [-0.25, -0.2) is 0 Å². The van der Waals surface area contributed by atoms with Crippen molar-refractivity contribution in [2.45, 2.75) is 0 Å². The maximum absolute atomic E-state index is 9.90. The van der Waals surface area contributed by atoms with E-state index in [0.717, 1.165) is 0 Å². The van der Waals surface area contributed by atoms with Crippen LogP contribution in [0.2, 0.25) is 0 Å². The second kappa shape index (κ2) is 3.35. The van der Waals surface area contributed by atoms with E-state index in [0.29, 0.717) is 0 Å². The summed E-state index contributed by atoms with van der Waals surface area (Å²) < 4.78 is 39.6. The van der Waals surface area contributed by atoms with Gasteiger partial charge in [-0.15, -0.1) is 0 Å². The van der Waals surface area contributed by atoms with E-state index >= 15 is 0 Å². The number of hydrogen-bond donors (Lipinski definition) is 0. The molecule has 0 atom stereocenters. The summed E-state index contributed by atoms with van der Waals surface area (Å²) >= 11 is -7.18. The minimum Gasteiger partial charge on any atom is 0 e. The van der Waals surface area contributed by atoms with Crippen LogP contribution in [0.25, 0.3) is 0 Å². The molecule has 0 saturated carbocycles. The smallest absolute Gasteiger partial charge is 0 e. The van der Waals surface area contributed by atoms with Gasteiger partial charge in [0.2, 0.25) is 0 Å². The summed E-state index contributed by atoms with van der Waals surface area (Å²) in [5.74, 6) is 0. The molecule has 0 unspecified atom stereocenters. The van der Waals surface area contributed by atoms with Crippen LogP contribution in [0.3, 0.4) is 0 Å². The van der Waals surface area contributed by atoms with Crippen molar-refractivity contribution < 1.29 is 11.5 Å². The van der Waals surface area contributed by atoms with Crippen molar-refractivity contribution in [3.8, 4) is 0 Å². The normalized spacial score (nSPS) is 10.0. The van der Waals surface area contributed by atoms with Crippen LogP contribution in [0, 0.1) is 0 Å². The van der Waals surface area contributed by atoms with Crippen molar-refractivity contribution in [2.75, 3.05) is 0 Å². The fraction of sp³-hybridized carbons (Fsp3) is 0. The Hall–Kier alpha value is 1.34. The second-order valence-electron chi connectivity index (χ2n) is 0.429. The third kappa shape index (κ3) is 56.2. The predicted octanol–water partition coefficient (Wildman–Crippen LogP) is 0.919. The summed E-state index contributed by atoms with van der Waals surface area (Å²) in [7, 11) is 0. The van der Waals surface area contributed by atoms with E-state index in [4.69, 9.17) is 0 Å². The van der Waals surface area contributed by atoms with E-state index in [-0.39, 0.29) is 24.4 Å². The van der Waals surface area contributed by atoms with Gasteiger partial charge in [-0.1, -0.05) is 0 Å². The van der Waals surface area contributed by atoms with Crippen molar-refractivity contribution in [2.24, 2.45) is 0 Å². The van der Waals surface area contributed by atoms with Gasteiger partial charge in [-0.2, -0.15) is 0 Å². The number of rotatable bonds is 0. The molecule has 0 nitrogen and oxygen atoms in total. The van der Waals surface area contributed by atoms with Gasteiger partial charge in [-0.3, -0.25) is 0 Å². The van der Waals surface area contributed by atoms with Crippen molar-refractivity contribution in [3.05, 3.63) is 0 Å². The molecular weight excluding hydrogens is 316 g/mol. The summed E-state index contributed by atoms with van der Waals surface area (Å²) in [6.45, 7) is 0. The van der Waals surface area contributed by atoms with Crippen LogP contribution in [0.4, 0.5) is 11.5 Å². The Labute approximate surface area is 56.3 Å². The first-order chi connectivity index (χ1) is 2.00. The summed E-state index contributed by atoms with van der Waals surface area (Å²) in [5, 5.41) is 0. The molecule has 6 heavy (non-hydrogen) atoms. The Kier molecular flexibility index (Phi) is 5.78. The summed E-state index contributed by atoms with van der Waals surface area (Å²) in [4.78, 5) is 0. The molecule has 0 spiro atoms. The van der Waals surface area contributed by atoms with Gasteiger partial charge in [0.25, 0.3) is 0 Å². The van der Waals surface area contributed by atoms with Crippen molar-refractivity contribution in [1.29, 1.82) is 0 Å². The van der Waals surface area contributed by atoms with Crippen LogP contribution in [0.15, 0.2) is 0 Å². The third-order valence-corrected chi connectivity index (χ3v) is 0. The van der Waals surface area contributed by atoms with E-state index in [1.807, 2.05) is 0 Å². The Balaban J connectivity index is 0. The molecule has 0 rings (SSSR count). The van der Waals surface area contributed by atoms with E-state index in [1.54, 1.807) is 0 Å². The minimum absolute atomic E-state index is 0. The predicted molar refractivity (Wildman–Crippen MR) is 15.9 cm³/mol. The Bertz CT molecular complexity index is 23.0. The summed E-state index contributed by atoms with van der Waals surface area (Å²) in [5.41, 5.74) is 0. The van der Waals surface area contributed by atoms with E-state index < -0.39 is 20.7 Å². The van der Waals surface area contributed by atoms with Crippen LogP contribution >= 0.6 is 0 Å². The zero-order valence-corrected chi connectivity index (χ0v) is 7.87. The van der Waals surface area contributed by atoms with Crippen LogP contribution in [0.5, 0.6) is 0 Å². The standard InChI is InChI=1S/4FH.Sb.Sn/h4*1H;;/q;;;;;+4/p-4. The SMILES string of the molecule is [F][Sn]([F])([F])[F].[Sb]. The quantitative estimate of drug-likeness (QED) is 0.460. The maximum atomic E-state index is 9.90. The fourth-order valence-corrected chi connectivity index (χ4v) is 0.